The zero-order valence-corrected chi connectivity index (χ0v) is 15.5. The molecule has 0 unspecified atom stereocenters. The standard InChI is InChI=1S/C19H24N2O3S/c1-14(2)18(21-25(23,24)17-11-5-4-6-12-17)19(22)20-13-16-10-8-7-9-15(16)3/h4-12,14,18,21H,13H2,1-3H3,(H,20,22)/t18-/m0/s1. The van der Waals surface area contributed by atoms with E-state index in [0.29, 0.717) is 6.54 Å². The molecule has 0 aliphatic carbocycles. The summed E-state index contributed by atoms with van der Waals surface area (Å²) in [5.74, 6) is -0.520. The zero-order valence-electron chi connectivity index (χ0n) is 14.7. The Morgan fingerprint density at radius 1 is 1.00 bits per heavy atom. The lowest BCUT2D eigenvalue weighted by Gasteiger charge is -2.22. The Balaban J connectivity index is 2.10. The van der Waals surface area contributed by atoms with Gasteiger partial charge in [-0.15, -0.1) is 0 Å². The fraction of sp³-hybridized carbons (Fsp3) is 0.316. The molecule has 1 amide bonds. The third kappa shape index (κ3) is 5.14. The van der Waals surface area contributed by atoms with E-state index in [4.69, 9.17) is 0 Å². The normalized spacial score (nSPS) is 12.8. The number of carbonyl (C=O) groups excluding carboxylic acids is 1. The van der Waals surface area contributed by atoms with Crippen molar-refractivity contribution in [3.05, 3.63) is 65.7 Å². The first-order valence-electron chi connectivity index (χ1n) is 8.21. The molecule has 1 atom stereocenters. The molecule has 0 aliphatic heterocycles. The highest BCUT2D eigenvalue weighted by Crippen LogP contribution is 2.12. The molecule has 134 valence electrons. The van der Waals surface area contributed by atoms with Crippen LogP contribution in [0.4, 0.5) is 0 Å². The maximum absolute atomic E-state index is 12.5. The molecule has 0 bridgehead atoms. The van der Waals surface area contributed by atoms with Gasteiger partial charge in [-0.25, -0.2) is 8.42 Å². The van der Waals surface area contributed by atoms with Gasteiger partial charge in [0.25, 0.3) is 0 Å². The van der Waals surface area contributed by atoms with Gasteiger partial charge in [-0.3, -0.25) is 4.79 Å². The molecule has 0 heterocycles. The summed E-state index contributed by atoms with van der Waals surface area (Å²) in [6, 6.07) is 15.0. The van der Waals surface area contributed by atoms with Gasteiger partial charge in [0.1, 0.15) is 6.04 Å². The molecule has 5 nitrogen and oxygen atoms in total. The van der Waals surface area contributed by atoms with E-state index in [1.165, 1.54) is 12.1 Å². The Kier molecular flexibility index (Phi) is 6.33. The van der Waals surface area contributed by atoms with Crippen LogP contribution < -0.4 is 10.0 Å². The minimum atomic E-state index is -3.75. The Bertz CT molecular complexity index is 818. The van der Waals surface area contributed by atoms with Crippen LogP contribution in [0.25, 0.3) is 0 Å². The summed E-state index contributed by atoms with van der Waals surface area (Å²) in [6.45, 7) is 5.96. The molecule has 0 saturated carbocycles. The summed E-state index contributed by atoms with van der Waals surface area (Å²) in [5.41, 5.74) is 2.08. The molecule has 0 radical (unpaired) electrons. The summed E-state index contributed by atoms with van der Waals surface area (Å²) in [5, 5.41) is 2.83. The van der Waals surface area contributed by atoms with Crippen LogP contribution in [0.2, 0.25) is 0 Å². The van der Waals surface area contributed by atoms with Crippen LogP contribution in [0.5, 0.6) is 0 Å². The van der Waals surface area contributed by atoms with E-state index < -0.39 is 16.1 Å². The van der Waals surface area contributed by atoms with E-state index in [1.54, 1.807) is 18.2 Å². The number of amides is 1. The average molecular weight is 360 g/mol. The number of aryl methyl sites for hydroxylation is 1. The van der Waals surface area contributed by atoms with Crippen molar-refractivity contribution in [2.75, 3.05) is 0 Å². The lowest BCUT2D eigenvalue weighted by molar-refractivity contribution is -0.123. The van der Waals surface area contributed by atoms with Gasteiger partial charge in [0.05, 0.1) is 4.90 Å². The van der Waals surface area contributed by atoms with Gasteiger partial charge in [-0.2, -0.15) is 4.72 Å². The van der Waals surface area contributed by atoms with Crippen molar-refractivity contribution in [2.45, 2.75) is 38.3 Å². The second-order valence-corrected chi connectivity index (χ2v) is 8.01. The van der Waals surface area contributed by atoms with E-state index >= 15 is 0 Å². The van der Waals surface area contributed by atoms with Crippen LogP contribution in [-0.4, -0.2) is 20.4 Å². The van der Waals surface area contributed by atoms with Crippen molar-refractivity contribution in [2.24, 2.45) is 5.92 Å². The summed E-state index contributed by atoms with van der Waals surface area (Å²) in [7, 11) is -3.75. The number of benzene rings is 2. The third-order valence-electron chi connectivity index (χ3n) is 4.00. The van der Waals surface area contributed by atoms with Crippen molar-refractivity contribution >= 4 is 15.9 Å². The van der Waals surface area contributed by atoms with Crippen molar-refractivity contribution < 1.29 is 13.2 Å². The molecule has 0 fully saturated rings. The first-order chi connectivity index (χ1) is 11.8. The molecule has 0 aromatic heterocycles. The molecular weight excluding hydrogens is 336 g/mol. The SMILES string of the molecule is Cc1ccccc1CNC(=O)[C@@H](NS(=O)(=O)c1ccccc1)C(C)C. The van der Waals surface area contributed by atoms with E-state index in [-0.39, 0.29) is 16.7 Å². The number of rotatable bonds is 7. The molecule has 0 saturated heterocycles. The van der Waals surface area contributed by atoms with E-state index in [1.807, 2.05) is 45.0 Å². The van der Waals surface area contributed by atoms with E-state index in [9.17, 15) is 13.2 Å². The van der Waals surface area contributed by atoms with Gasteiger partial charge in [-0.05, 0) is 36.1 Å². The number of hydrogen-bond donors (Lipinski definition) is 2. The Labute approximate surface area is 149 Å². The predicted octanol–water partition coefficient (Wildman–Crippen LogP) is 2.61. The summed E-state index contributed by atoms with van der Waals surface area (Å²) in [6.07, 6.45) is 0. The highest BCUT2D eigenvalue weighted by atomic mass is 32.2. The van der Waals surface area contributed by atoms with E-state index in [0.717, 1.165) is 11.1 Å². The van der Waals surface area contributed by atoms with Crippen molar-refractivity contribution in [3.63, 3.8) is 0 Å². The summed E-state index contributed by atoms with van der Waals surface area (Å²) in [4.78, 5) is 12.7. The van der Waals surface area contributed by atoms with Crippen LogP contribution in [0.3, 0.4) is 0 Å². The highest BCUT2D eigenvalue weighted by Gasteiger charge is 2.28. The Morgan fingerprint density at radius 3 is 2.20 bits per heavy atom. The molecule has 2 N–H and O–H groups in total. The van der Waals surface area contributed by atoms with Crippen molar-refractivity contribution in [1.82, 2.24) is 10.0 Å². The molecule has 0 aliphatic rings. The predicted molar refractivity (Wildman–Crippen MR) is 98.4 cm³/mol. The first-order valence-corrected chi connectivity index (χ1v) is 9.69. The van der Waals surface area contributed by atoms with Gasteiger partial charge >= 0.3 is 0 Å². The largest absolute Gasteiger partial charge is 0.351 e. The lowest BCUT2D eigenvalue weighted by Crippen LogP contribution is -2.49. The quantitative estimate of drug-likeness (QED) is 0.797. The molecule has 0 spiro atoms. The fourth-order valence-corrected chi connectivity index (χ4v) is 3.79. The van der Waals surface area contributed by atoms with Gasteiger partial charge in [0.15, 0.2) is 0 Å². The summed E-state index contributed by atoms with van der Waals surface area (Å²) >= 11 is 0. The second kappa shape index (κ2) is 8.27. The van der Waals surface area contributed by atoms with Gasteiger partial charge in [-0.1, -0.05) is 56.3 Å². The average Bonchev–Trinajstić information content (AvgIpc) is 2.59. The molecular formula is C19H24N2O3S. The second-order valence-electron chi connectivity index (χ2n) is 6.30. The van der Waals surface area contributed by atoms with Crippen molar-refractivity contribution in [3.8, 4) is 0 Å². The Morgan fingerprint density at radius 2 is 1.60 bits per heavy atom. The topological polar surface area (TPSA) is 75.3 Å². The van der Waals surface area contributed by atoms with Gasteiger partial charge in [0, 0.05) is 6.54 Å². The summed E-state index contributed by atoms with van der Waals surface area (Å²) < 4.78 is 27.5. The fourth-order valence-electron chi connectivity index (χ4n) is 2.43. The monoisotopic (exact) mass is 360 g/mol. The minimum Gasteiger partial charge on any atom is -0.351 e. The molecule has 2 aromatic carbocycles. The lowest BCUT2D eigenvalue weighted by atomic mass is 10.0. The molecule has 25 heavy (non-hydrogen) atoms. The minimum absolute atomic E-state index is 0.146. The van der Waals surface area contributed by atoms with Crippen molar-refractivity contribution in [1.29, 1.82) is 0 Å². The van der Waals surface area contributed by atoms with Gasteiger partial charge < -0.3 is 5.32 Å². The van der Waals surface area contributed by atoms with Crippen LogP contribution in [0.15, 0.2) is 59.5 Å². The van der Waals surface area contributed by atoms with Crippen LogP contribution in [0.1, 0.15) is 25.0 Å². The smallest absolute Gasteiger partial charge is 0.241 e. The van der Waals surface area contributed by atoms with Gasteiger partial charge in [0.2, 0.25) is 15.9 Å². The number of hydrogen-bond acceptors (Lipinski definition) is 3. The third-order valence-corrected chi connectivity index (χ3v) is 5.46. The maximum atomic E-state index is 12.5. The molecule has 2 aromatic rings. The zero-order chi connectivity index (χ0) is 18.4. The highest BCUT2D eigenvalue weighted by molar-refractivity contribution is 7.89. The maximum Gasteiger partial charge on any atom is 0.241 e. The van der Waals surface area contributed by atoms with Crippen LogP contribution in [-0.2, 0) is 21.4 Å². The number of carbonyl (C=O) groups is 1. The van der Waals surface area contributed by atoms with Crippen LogP contribution >= 0.6 is 0 Å². The number of sulfonamides is 1. The first kappa shape index (κ1) is 19.1. The number of nitrogens with one attached hydrogen (secondary N) is 2. The molecule has 6 heteroatoms. The van der Waals surface area contributed by atoms with E-state index in [2.05, 4.69) is 10.0 Å². The van der Waals surface area contributed by atoms with Crippen LogP contribution in [0, 0.1) is 12.8 Å². The Hall–Kier alpha value is -2.18. The molecule has 2 rings (SSSR count).